The zero-order chi connectivity index (χ0) is 44.9. The Labute approximate surface area is 371 Å². The molecule has 1 atom stereocenters. The summed E-state index contributed by atoms with van der Waals surface area (Å²) in [6.07, 6.45) is -1.90. The minimum atomic E-state index is -4.80. The van der Waals surface area contributed by atoms with Crippen LogP contribution in [0.15, 0.2) is 42.5 Å². The molecule has 19 heteroatoms. The van der Waals surface area contributed by atoms with Crippen LogP contribution in [0.1, 0.15) is 68.1 Å². The zero-order valence-electron chi connectivity index (χ0n) is 35.7. The Morgan fingerprint density at radius 2 is 1.49 bits per heavy atom. The lowest BCUT2D eigenvalue weighted by Crippen LogP contribution is -2.96. The Morgan fingerprint density at radius 3 is 2.14 bits per heavy atom. The Balaban J connectivity index is 0.975. The third kappa shape index (κ3) is 14.3. The van der Waals surface area contributed by atoms with Crippen molar-refractivity contribution in [3.8, 4) is 0 Å². The molecule has 15 nitrogen and oxygen atoms in total. The minimum Gasteiger partial charge on any atom is -0.466 e. The molecule has 6 N–H and O–H groups in total. The minimum absolute atomic E-state index is 0.0263. The van der Waals surface area contributed by atoms with Crippen LogP contribution >= 0.6 is 11.6 Å². The van der Waals surface area contributed by atoms with E-state index in [0.717, 1.165) is 84.1 Å². The molecule has 0 aliphatic carbocycles. The molecule has 6 rings (SSSR count). The second kappa shape index (κ2) is 22.9. The van der Waals surface area contributed by atoms with E-state index in [9.17, 15) is 32.3 Å². The Kier molecular flexibility index (Phi) is 17.5. The first-order chi connectivity index (χ1) is 30.2. The Morgan fingerprint density at radius 1 is 0.873 bits per heavy atom. The van der Waals surface area contributed by atoms with Gasteiger partial charge in [-0.3, -0.25) is 30.5 Å². The van der Waals surface area contributed by atoms with Crippen LogP contribution in [0.3, 0.4) is 0 Å². The van der Waals surface area contributed by atoms with E-state index >= 15 is 0 Å². The molecule has 0 unspecified atom stereocenters. The van der Waals surface area contributed by atoms with Gasteiger partial charge in [0.1, 0.15) is 5.84 Å². The molecular formula is C44H61ClF3N8O7+. The van der Waals surface area contributed by atoms with Crippen molar-refractivity contribution in [2.24, 2.45) is 11.8 Å². The lowest BCUT2D eigenvalue weighted by Gasteiger charge is -2.41. The van der Waals surface area contributed by atoms with Gasteiger partial charge in [0.2, 0.25) is 0 Å². The van der Waals surface area contributed by atoms with Gasteiger partial charge in [-0.25, -0.2) is 9.59 Å². The second-order valence-electron chi connectivity index (χ2n) is 17.0. The number of quaternary nitrogens is 1. The monoisotopic (exact) mass is 905 g/mol. The third-order valence-electron chi connectivity index (χ3n) is 12.7. The standard InChI is InChI=1S/C44H60ClF3N8O7/c45-36-28-30(27-35(39(36)49)44(46,47)48)29-37(63-43(60)56-20-11-34(12-21-56)51-42(59)52-40(50)33-5-2-1-3-6-33)41(58)55-18-9-32(10-19-55)31-7-15-54(16-8-31)17-13-38(57)62-24-4-14-53-22-25-61-26-23-53/h1-3,5-6,27-28,31-32,34,37H,4,7-26,29,49H2,(H3,50,51,52,59)/p+1/t37-/m1/s1. The summed E-state index contributed by atoms with van der Waals surface area (Å²) >= 11 is 6.14. The number of nitrogen functional groups attached to an aromatic ring is 1. The number of anilines is 1. The molecule has 4 aliphatic heterocycles. The third-order valence-corrected chi connectivity index (χ3v) is 13.0. The molecule has 4 saturated heterocycles. The normalized spacial score (nSPS) is 19.4. The van der Waals surface area contributed by atoms with E-state index in [1.165, 1.54) is 16.3 Å². The summed E-state index contributed by atoms with van der Waals surface area (Å²) in [5.41, 5.74) is 4.54. The van der Waals surface area contributed by atoms with Gasteiger partial charge in [0.15, 0.2) is 6.10 Å². The van der Waals surface area contributed by atoms with Crippen molar-refractivity contribution in [2.45, 2.75) is 76.1 Å². The van der Waals surface area contributed by atoms with E-state index in [0.29, 0.717) is 62.9 Å². The maximum Gasteiger partial charge on any atom is 0.419 e. The van der Waals surface area contributed by atoms with Crippen LogP contribution in [0.5, 0.6) is 0 Å². The number of piperidine rings is 3. The first-order valence-corrected chi connectivity index (χ1v) is 22.5. The van der Waals surface area contributed by atoms with E-state index in [2.05, 4.69) is 15.1 Å². The number of amidine groups is 1. The predicted octanol–water partition coefficient (Wildman–Crippen LogP) is 4.36. The molecule has 4 amide bonds. The number of benzene rings is 2. The molecule has 2 aromatic carbocycles. The number of nitrogens with one attached hydrogen (secondary N) is 2. The van der Waals surface area contributed by atoms with Crippen LogP contribution in [0.25, 0.3) is 0 Å². The molecule has 0 aromatic heterocycles. The Hall–Kier alpha value is -4.49. The number of urea groups is 1. The average molecular weight is 906 g/mol. The first kappa shape index (κ1) is 48.0. The quantitative estimate of drug-likeness (QED) is 0.0698. The number of ether oxygens (including phenoxy) is 3. The van der Waals surface area contributed by atoms with Gasteiger partial charge < -0.3 is 34.6 Å². The van der Waals surface area contributed by atoms with Gasteiger partial charge in [0, 0.05) is 77.2 Å². The zero-order valence-corrected chi connectivity index (χ0v) is 36.5. The number of hydrogen-bond donors (Lipinski definition) is 4. The number of halogens is 4. The highest BCUT2D eigenvalue weighted by Gasteiger charge is 2.38. The fourth-order valence-electron chi connectivity index (χ4n) is 8.98. The maximum atomic E-state index is 14.2. The number of nitrogens with zero attached hydrogens (tertiary/aromatic N) is 4. The summed E-state index contributed by atoms with van der Waals surface area (Å²) in [5.74, 6) is 0.138. The summed E-state index contributed by atoms with van der Waals surface area (Å²) in [5, 5.41) is 11.9. The molecule has 4 heterocycles. The number of morpholine rings is 1. The van der Waals surface area contributed by atoms with Crippen molar-refractivity contribution in [1.82, 2.24) is 24.9 Å². The lowest BCUT2D eigenvalue weighted by molar-refractivity contribution is -0.598. The number of hydrogen-bond acceptors (Lipinski definition) is 11. The predicted molar refractivity (Wildman–Crippen MR) is 229 cm³/mol. The number of primary amides is 1. The molecule has 346 valence electrons. The Bertz CT molecular complexity index is 1870. The van der Waals surface area contributed by atoms with Crippen LogP contribution in [-0.2, 0) is 36.4 Å². The molecule has 0 bridgehead atoms. The number of likely N-dealkylation sites (tertiary alicyclic amines) is 3. The highest BCUT2D eigenvalue weighted by atomic mass is 35.5. The molecule has 4 aliphatic rings. The molecule has 0 saturated carbocycles. The van der Waals surface area contributed by atoms with Gasteiger partial charge >= 0.3 is 24.3 Å². The summed E-state index contributed by atoms with van der Waals surface area (Å²) in [6.45, 7) is 8.30. The van der Waals surface area contributed by atoms with Crippen molar-refractivity contribution >= 4 is 47.1 Å². The van der Waals surface area contributed by atoms with E-state index in [1.807, 2.05) is 6.07 Å². The molecule has 2 aromatic rings. The number of alkyl halides is 3. The molecule has 4 fully saturated rings. The number of esters is 1. The number of carbonyl (C=O) groups is 4. The van der Waals surface area contributed by atoms with Crippen LogP contribution in [0.2, 0.25) is 5.02 Å². The van der Waals surface area contributed by atoms with Gasteiger partial charge in [-0.15, -0.1) is 0 Å². The number of amides is 4. The van der Waals surface area contributed by atoms with Crippen LogP contribution in [0.4, 0.5) is 28.4 Å². The number of rotatable bonds is 14. The maximum absolute atomic E-state index is 14.2. The fraction of sp³-hybridized carbons (Fsp3) is 0.614. The lowest BCUT2D eigenvalue weighted by atomic mass is 9.78. The van der Waals surface area contributed by atoms with Crippen molar-refractivity contribution in [2.75, 3.05) is 91.0 Å². The topological polar surface area (TPSA) is 187 Å². The molecule has 0 spiro atoms. The van der Waals surface area contributed by atoms with E-state index in [-0.39, 0.29) is 47.9 Å². The van der Waals surface area contributed by atoms with Crippen LogP contribution in [0, 0.1) is 17.2 Å². The van der Waals surface area contributed by atoms with Crippen LogP contribution in [-0.4, -0.2) is 147 Å². The van der Waals surface area contributed by atoms with E-state index in [1.54, 1.807) is 29.2 Å². The van der Waals surface area contributed by atoms with Crippen molar-refractivity contribution < 1.29 is 51.9 Å². The highest BCUT2D eigenvalue weighted by molar-refractivity contribution is 6.33. The fourth-order valence-corrected chi connectivity index (χ4v) is 9.23. The van der Waals surface area contributed by atoms with Crippen molar-refractivity contribution in [3.05, 3.63) is 64.2 Å². The van der Waals surface area contributed by atoms with Gasteiger partial charge in [-0.2, -0.15) is 13.2 Å². The average Bonchev–Trinajstić information content (AvgIpc) is 3.28. The highest BCUT2D eigenvalue weighted by Crippen LogP contribution is 2.38. The van der Waals surface area contributed by atoms with Gasteiger partial charge in [-0.05, 0) is 74.7 Å². The van der Waals surface area contributed by atoms with Gasteiger partial charge in [-0.1, -0.05) is 41.9 Å². The van der Waals surface area contributed by atoms with Gasteiger partial charge in [0.05, 0.1) is 48.6 Å². The summed E-state index contributed by atoms with van der Waals surface area (Å²) < 4.78 is 58.4. The molecule has 0 radical (unpaired) electrons. The van der Waals surface area contributed by atoms with Crippen molar-refractivity contribution in [1.29, 1.82) is 5.41 Å². The van der Waals surface area contributed by atoms with Crippen molar-refractivity contribution in [3.63, 3.8) is 0 Å². The smallest absolute Gasteiger partial charge is 0.419 e. The van der Waals surface area contributed by atoms with E-state index in [4.69, 9.17) is 37.0 Å². The number of nitrogens with two attached hydrogens (primary N) is 2. The number of carbonyl (C=O) groups excluding carboxylic acids is 4. The molecule has 63 heavy (non-hydrogen) atoms. The first-order valence-electron chi connectivity index (χ1n) is 22.1. The van der Waals surface area contributed by atoms with Crippen LogP contribution < -0.4 is 16.4 Å². The largest absolute Gasteiger partial charge is 0.466 e. The SMILES string of the molecule is N=C(NC(=O)[NH2+]C1CCN(C(=O)O[C@H](Cc2cc(Cl)c(N)c(C(F)(F)F)c2)C(=O)N2CCC(C3CCN(CCC(=O)OCCCN4CCOCC4)CC3)CC2)CC1)c1ccccc1. The summed E-state index contributed by atoms with van der Waals surface area (Å²) in [7, 11) is 0. The summed E-state index contributed by atoms with van der Waals surface area (Å²) in [6, 6.07) is 10.3. The summed E-state index contributed by atoms with van der Waals surface area (Å²) in [4.78, 5) is 60.5. The molecular weight excluding hydrogens is 845 g/mol. The second-order valence-corrected chi connectivity index (χ2v) is 17.4. The van der Waals surface area contributed by atoms with Gasteiger partial charge in [0.25, 0.3) is 5.91 Å². The van der Waals surface area contributed by atoms with E-state index < -0.39 is 41.6 Å².